The Morgan fingerprint density at radius 3 is 2.45 bits per heavy atom. The largest absolute Gasteiger partial charge is 0.366 e. The van der Waals surface area contributed by atoms with Crippen LogP contribution in [0.1, 0.15) is 25.3 Å². The maximum absolute atomic E-state index is 13.5. The average molecular weight is 433 g/mol. The van der Waals surface area contributed by atoms with E-state index in [9.17, 15) is 14.0 Å². The highest BCUT2D eigenvalue weighted by molar-refractivity contribution is 6.47. The minimum Gasteiger partial charge on any atom is -0.366 e. The Morgan fingerprint density at radius 1 is 1.03 bits per heavy atom. The summed E-state index contributed by atoms with van der Waals surface area (Å²) in [6, 6.07) is 10.3. The van der Waals surface area contributed by atoms with Gasteiger partial charge >= 0.3 is 0 Å². The Labute approximate surface area is 178 Å². The van der Waals surface area contributed by atoms with E-state index < -0.39 is 17.6 Å². The van der Waals surface area contributed by atoms with Crippen molar-refractivity contribution in [2.24, 2.45) is 5.92 Å². The van der Waals surface area contributed by atoms with Crippen LogP contribution in [0.4, 0.5) is 10.1 Å². The fraction of sp³-hybridized carbons (Fsp3) is 0.273. The van der Waals surface area contributed by atoms with Crippen molar-refractivity contribution in [2.45, 2.75) is 19.8 Å². The van der Waals surface area contributed by atoms with Crippen molar-refractivity contribution in [3.8, 4) is 0 Å². The first-order chi connectivity index (χ1) is 13.9. The molecule has 0 aromatic heterocycles. The first-order valence-electron chi connectivity index (χ1n) is 9.46. The van der Waals surface area contributed by atoms with Crippen LogP contribution in [0.15, 0.2) is 48.2 Å². The molecule has 29 heavy (non-hydrogen) atoms. The first-order valence-corrected chi connectivity index (χ1v) is 10.2. The Morgan fingerprint density at radius 2 is 1.76 bits per heavy atom. The van der Waals surface area contributed by atoms with Gasteiger partial charge in [0.2, 0.25) is 0 Å². The predicted octanol–water partition coefficient (Wildman–Crippen LogP) is 5.15. The molecule has 0 N–H and O–H groups in total. The van der Waals surface area contributed by atoms with Crippen LogP contribution >= 0.6 is 23.2 Å². The van der Waals surface area contributed by atoms with Crippen LogP contribution < -0.4 is 4.90 Å². The van der Waals surface area contributed by atoms with Crippen LogP contribution in [0.3, 0.4) is 0 Å². The number of rotatable bonds is 3. The SMILES string of the molecule is CC1CCCN(C2=C(c3ccc(F)cc3)C(=O)N(c3cc(Cl)ccc3Cl)C2=O)C1. The highest BCUT2D eigenvalue weighted by Crippen LogP contribution is 2.39. The second-order valence-electron chi connectivity index (χ2n) is 7.47. The number of likely N-dealkylation sites (tertiary alicyclic amines) is 1. The molecule has 2 aromatic carbocycles. The summed E-state index contributed by atoms with van der Waals surface area (Å²) in [6.07, 6.45) is 2.00. The number of halogens is 3. The van der Waals surface area contributed by atoms with Gasteiger partial charge in [-0.05, 0) is 54.7 Å². The molecule has 4 rings (SSSR count). The Bertz CT molecular complexity index is 1020. The van der Waals surface area contributed by atoms with Gasteiger partial charge in [0.15, 0.2) is 0 Å². The van der Waals surface area contributed by atoms with Gasteiger partial charge in [0.25, 0.3) is 11.8 Å². The van der Waals surface area contributed by atoms with Crippen molar-refractivity contribution in [1.82, 2.24) is 4.90 Å². The summed E-state index contributed by atoms with van der Waals surface area (Å²) < 4.78 is 13.5. The zero-order valence-corrected chi connectivity index (χ0v) is 17.3. The number of amides is 2. The maximum atomic E-state index is 13.5. The lowest BCUT2D eigenvalue weighted by molar-refractivity contribution is -0.120. The molecule has 1 atom stereocenters. The third-order valence-corrected chi connectivity index (χ3v) is 5.87. The van der Waals surface area contributed by atoms with E-state index in [0.29, 0.717) is 35.3 Å². The topological polar surface area (TPSA) is 40.6 Å². The third-order valence-electron chi connectivity index (χ3n) is 5.31. The lowest BCUT2D eigenvalue weighted by Crippen LogP contribution is -2.39. The van der Waals surface area contributed by atoms with Crippen LogP contribution in [0.25, 0.3) is 5.57 Å². The van der Waals surface area contributed by atoms with E-state index in [4.69, 9.17) is 23.2 Å². The summed E-state index contributed by atoms with van der Waals surface area (Å²) in [5.41, 5.74) is 1.34. The first kappa shape index (κ1) is 19.9. The van der Waals surface area contributed by atoms with Gasteiger partial charge in [0.05, 0.1) is 16.3 Å². The standard InChI is InChI=1S/C22H19Cl2FN2O2/c1-13-3-2-10-26(12-13)20-19(14-4-7-16(25)8-5-14)21(28)27(22(20)29)18-11-15(23)6-9-17(18)24/h4-9,11,13H,2-3,10,12H2,1H3. The summed E-state index contributed by atoms with van der Waals surface area (Å²) in [4.78, 5) is 29.9. The number of hydrogen-bond donors (Lipinski definition) is 0. The van der Waals surface area contributed by atoms with Crippen molar-refractivity contribution >= 4 is 46.3 Å². The molecule has 1 saturated heterocycles. The normalized spacial score (nSPS) is 20.1. The maximum Gasteiger partial charge on any atom is 0.282 e. The fourth-order valence-electron chi connectivity index (χ4n) is 3.96. The highest BCUT2D eigenvalue weighted by Gasteiger charge is 2.43. The van der Waals surface area contributed by atoms with Gasteiger partial charge in [0.1, 0.15) is 11.5 Å². The summed E-state index contributed by atoms with van der Waals surface area (Å²) in [5, 5.41) is 0.621. The van der Waals surface area contributed by atoms with E-state index in [1.54, 1.807) is 12.1 Å². The predicted molar refractivity (Wildman–Crippen MR) is 112 cm³/mol. The zero-order valence-electron chi connectivity index (χ0n) is 15.8. The molecule has 7 heteroatoms. The number of hydrogen-bond acceptors (Lipinski definition) is 3. The smallest absolute Gasteiger partial charge is 0.282 e. The Hall–Kier alpha value is -2.37. The number of carbonyl (C=O) groups excluding carboxylic acids is 2. The van der Waals surface area contributed by atoms with Crippen LogP contribution in [0.5, 0.6) is 0 Å². The van der Waals surface area contributed by atoms with Gasteiger partial charge in [-0.3, -0.25) is 9.59 Å². The molecule has 0 saturated carbocycles. The molecule has 2 aliphatic rings. The van der Waals surface area contributed by atoms with Crippen molar-refractivity contribution in [3.63, 3.8) is 0 Å². The molecule has 2 amide bonds. The number of anilines is 1. The molecular weight excluding hydrogens is 414 g/mol. The Kier molecular flexibility index (Phi) is 5.36. The van der Waals surface area contributed by atoms with E-state index in [0.717, 1.165) is 17.7 Å². The van der Waals surface area contributed by atoms with Gasteiger partial charge in [-0.15, -0.1) is 0 Å². The molecule has 1 fully saturated rings. The van der Waals surface area contributed by atoms with E-state index in [1.165, 1.54) is 30.3 Å². The van der Waals surface area contributed by atoms with Crippen LogP contribution in [0.2, 0.25) is 10.0 Å². The van der Waals surface area contributed by atoms with Gasteiger partial charge in [-0.1, -0.05) is 42.3 Å². The van der Waals surface area contributed by atoms with E-state index in [-0.39, 0.29) is 16.3 Å². The second-order valence-corrected chi connectivity index (χ2v) is 8.31. The molecule has 0 radical (unpaired) electrons. The fourth-order valence-corrected chi connectivity index (χ4v) is 4.33. The molecule has 4 nitrogen and oxygen atoms in total. The van der Waals surface area contributed by atoms with Crippen LogP contribution in [0, 0.1) is 11.7 Å². The minimum atomic E-state index is -0.487. The van der Waals surface area contributed by atoms with Crippen molar-refractivity contribution in [1.29, 1.82) is 0 Å². The summed E-state index contributed by atoms with van der Waals surface area (Å²) in [7, 11) is 0. The van der Waals surface area contributed by atoms with E-state index in [1.807, 2.05) is 4.90 Å². The van der Waals surface area contributed by atoms with Crippen molar-refractivity contribution in [3.05, 3.63) is 69.6 Å². The Balaban J connectivity index is 1.85. The van der Waals surface area contributed by atoms with Gasteiger partial charge in [-0.2, -0.15) is 0 Å². The molecule has 0 aliphatic carbocycles. The minimum absolute atomic E-state index is 0.244. The molecule has 150 valence electrons. The third kappa shape index (κ3) is 3.65. The van der Waals surface area contributed by atoms with Crippen LogP contribution in [-0.2, 0) is 9.59 Å². The molecule has 2 aliphatic heterocycles. The number of imide groups is 1. The van der Waals surface area contributed by atoms with Crippen molar-refractivity contribution < 1.29 is 14.0 Å². The summed E-state index contributed by atoms with van der Waals surface area (Å²) in [6.45, 7) is 3.48. The number of benzene rings is 2. The van der Waals surface area contributed by atoms with E-state index >= 15 is 0 Å². The lowest BCUT2D eigenvalue weighted by Gasteiger charge is -2.33. The van der Waals surface area contributed by atoms with Gasteiger partial charge < -0.3 is 4.90 Å². The van der Waals surface area contributed by atoms with Gasteiger partial charge in [0, 0.05) is 18.1 Å². The van der Waals surface area contributed by atoms with Gasteiger partial charge in [-0.25, -0.2) is 9.29 Å². The number of nitrogens with zero attached hydrogens (tertiary/aromatic N) is 2. The van der Waals surface area contributed by atoms with Crippen molar-refractivity contribution in [2.75, 3.05) is 18.0 Å². The van der Waals surface area contributed by atoms with E-state index in [2.05, 4.69) is 6.92 Å². The zero-order chi connectivity index (χ0) is 20.7. The highest BCUT2D eigenvalue weighted by atomic mass is 35.5. The number of carbonyl (C=O) groups is 2. The quantitative estimate of drug-likeness (QED) is 0.629. The molecular formula is C22H19Cl2FN2O2. The molecule has 0 bridgehead atoms. The molecule has 1 unspecified atom stereocenters. The second kappa shape index (κ2) is 7.81. The summed E-state index contributed by atoms with van der Waals surface area (Å²) >= 11 is 12.4. The molecule has 0 spiro atoms. The monoisotopic (exact) mass is 432 g/mol. The lowest BCUT2D eigenvalue weighted by atomic mass is 9.98. The summed E-state index contributed by atoms with van der Waals surface area (Å²) in [5.74, 6) is -0.932. The van der Waals surface area contributed by atoms with Crippen LogP contribution in [-0.4, -0.2) is 29.8 Å². The average Bonchev–Trinajstić information content (AvgIpc) is 2.95. The molecule has 2 heterocycles. The molecule has 2 aromatic rings. The number of piperidine rings is 1.